The Balaban J connectivity index is 1.83. The molecule has 0 atom stereocenters. The molecule has 1 aliphatic heterocycles. The van der Waals surface area contributed by atoms with Gasteiger partial charge in [0.2, 0.25) is 5.91 Å². The quantitative estimate of drug-likeness (QED) is 0.932. The molecule has 0 bridgehead atoms. The molecule has 1 aliphatic carbocycles. The maximum absolute atomic E-state index is 13.0. The lowest BCUT2D eigenvalue weighted by atomic mass is 10.0. The highest BCUT2D eigenvalue weighted by atomic mass is 32.2. The molecular formula is C18H18N2O3S. The molecule has 1 saturated carbocycles. The molecule has 1 amide bonds. The zero-order valence-corrected chi connectivity index (χ0v) is 14.1. The van der Waals surface area contributed by atoms with E-state index in [-0.39, 0.29) is 23.4 Å². The summed E-state index contributed by atoms with van der Waals surface area (Å²) in [5, 5.41) is 2.86. The Hall–Kier alpha value is -2.34. The van der Waals surface area contributed by atoms with Crippen LogP contribution in [0.15, 0.2) is 47.4 Å². The number of benzene rings is 2. The van der Waals surface area contributed by atoms with E-state index in [4.69, 9.17) is 0 Å². The number of nitrogens with zero attached hydrogens (tertiary/aromatic N) is 1. The zero-order chi connectivity index (χ0) is 16.9. The predicted octanol–water partition coefficient (Wildman–Crippen LogP) is 2.45. The summed E-state index contributed by atoms with van der Waals surface area (Å²) in [4.78, 5) is 12.5. The fourth-order valence-electron chi connectivity index (χ4n) is 3.05. The minimum atomic E-state index is -3.75. The first-order valence-corrected chi connectivity index (χ1v) is 9.43. The van der Waals surface area contributed by atoms with E-state index in [9.17, 15) is 13.2 Å². The van der Waals surface area contributed by atoms with Gasteiger partial charge in [-0.3, -0.25) is 9.10 Å². The van der Waals surface area contributed by atoms with Gasteiger partial charge in [0.05, 0.1) is 10.6 Å². The number of hydrogen-bond donors (Lipinski definition) is 1. The summed E-state index contributed by atoms with van der Waals surface area (Å²) in [6.07, 6.45) is 1.94. The molecule has 1 heterocycles. The van der Waals surface area contributed by atoms with Crippen molar-refractivity contribution in [2.24, 2.45) is 0 Å². The number of sulfonamides is 1. The summed E-state index contributed by atoms with van der Waals surface area (Å²) < 4.78 is 27.3. The highest BCUT2D eigenvalue weighted by Gasteiger charge is 2.36. The molecule has 0 aromatic heterocycles. The number of nitrogens with one attached hydrogen (secondary N) is 1. The highest BCUT2D eigenvalue weighted by molar-refractivity contribution is 7.93. The number of fused-ring (bicyclic) bond motifs is 3. The number of rotatable bonds is 3. The SMILES string of the molecule is Cc1ccc2c(c1)-c1ccccc1S(=O)(=O)N2CC(=O)NC1CC1. The predicted molar refractivity (Wildman–Crippen MR) is 92.3 cm³/mol. The Morgan fingerprint density at radius 2 is 1.92 bits per heavy atom. The fraction of sp³-hybridized carbons (Fsp3) is 0.278. The van der Waals surface area contributed by atoms with Gasteiger partial charge < -0.3 is 5.32 Å². The molecule has 0 saturated heterocycles. The molecule has 0 radical (unpaired) electrons. The number of aryl methyl sites for hydroxylation is 1. The van der Waals surface area contributed by atoms with Crippen molar-refractivity contribution >= 4 is 21.6 Å². The lowest BCUT2D eigenvalue weighted by Gasteiger charge is -2.31. The molecule has 4 rings (SSSR count). The van der Waals surface area contributed by atoms with Crippen molar-refractivity contribution < 1.29 is 13.2 Å². The molecule has 0 spiro atoms. The van der Waals surface area contributed by atoms with Crippen molar-refractivity contribution in [3.8, 4) is 11.1 Å². The van der Waals surface area contributed by atoms with Crippen LogP contribution in [-0.4, -0.2) is 26.9 Å². The maximum atomic E-state index is 13.0. The summed E-state index contributed by atoms with van der Waals surface area (Å²) in [7, 11) is -3.75. The van der Waals surface area contributed by atoms with Gasteiger partial charge in [-0.05, 0) is 38.0 Å². The first kappa shape index (κ1) is 15.2. The summed E-state index contributed by atoms with van der Waals surface area (Å²) in [6.45, 7) is 1.78. The molecule has 2 aromatic rings. The van der Waals surface area contributed by atoms with Gasteiger partial charge >= 0.3 is 0 Å². The van der Waals surface area contributed by atoms with E-state index in [1.54, 1.807) is 18.2 Å². The number of carbonyl (C=O) groups excluding carboxylic acids is 1. The van der Waals surface area contributed by atoms with Crippen LogP contribution >= 0.6 is 0 Å². The van der Waals surface area contributed by atoms with E-state index in [0.717, 1.165) is 24.0 Å². The van der Waals surface area contributed by atoms with Gasteiger partial charge in [-0.15, -0.1) is 0 Å². The summed E-state index contributed by atoms with van der Waals surface area (Å²) in [6, 6.07) is 12.8. The zero-order valence-electron chi connectivity index (χ0n) is 13.3. The second-order valence-electron chi connectivity index (χ2n) is 6.37. The number of anilines is 1. The number of hydrogen-bond acceptors (Lipinski definition) is 3. The average molecular weight is 342 g/mol. The molecule has 124 valence electrons. The fourth-order valence-corrected chi connectivity index (χ4v) is 4.70. The Kier molecular flexibility index (Phi) is 3.38. The van der Waals surface area contributed by atoms with Crippen LogP contribution in [0, 0.1) is 6.92 Å². The van der Waals surface area contributed by atoms with Crippen molar-refractivity contribution in [2.45, 2.75) is 30.7 Å². The third kappa shape index (κ3) is 2.47. The van der Waals surface area contributed by atoms with Crippen molar-refractivity contribution in [3.63, 3.8) is 0 Å². The van der Waals surface area contributed by atoms with Crippen LogP contribution in [-0.2, 0) is 14.8 Å². The first-order chi connectivity index (χ1) is 11.5. The monoisotopic (exact) mass is 342 g/mol. The second kappa shape index (κ2) is 5.34. The largest absolute Gasteiger partial charge is 0.352 e. The normalized spacial score (nSPS) is 17.8. The molecule has 24 heavy (non-hydrogen) atoms. The summed E-state index contributed by atoms with van der Waals surface area (Å²) >= 11 is 0. The summed E-state index contributed by atoms with van der Waals surface area (Å²) in [5.74, 6) is -0.257. The van der Waals surface area contributed by atoms with E-state index in [1.165, 1.54) is 4.31 Å². The van der Waals surface area contributed by atoms with Crippen LogP contribution in [0.2, 0.25) is 0 Å². The second-order valence-corrected chi connectivity index (χ2v) is 8.20. The Morgan fingerprint density at radius 3 is 2.67 bits per heavy atom. The van der Waals surface area contributed by atoms with Gasteiger partial charge in [0, 0.05) is 17.2 Å². The van der Waals surface area contributed by atoms with Crippen molar-refractivity contribution in [3.05, 3.63) is 48.0 Å². The number of carbonyl (C=O) groups is 1. The minimum Gasteiger partial charge on any atom is -0.352 e. The topological polar surface area (TPSA) is 66.5 Å². The first-order valence-electron chi connectivity index (χ1n) is 7.99. The van der Waals surface area contributed by atoms with E-state index in [1.807, 2.05) is 31.2 Å². The van der Waals surface area contributed by atoms with Crippen LogP contribution in [0.4, 0.5) is 5.69 Å². The van der Waals surface area contributed by atoms with Gasteiger partial charge in [-0.2, -0.15) is 0 Å². The van der Waals surface area contributed by atoms with Crippen molar-refractivity contribution in [1.82, 2.24) is 5.32 Å². The van der Waals surface area contributed by atoms with Crippen LogP contribution in [0.3, 0.4) is 0 Å². The van der Waals surface area contributed by atoms with Gasteiger partial charge in [0.1, 0.15) is 6.54 Å². The van der Waals surface area contributed by atoms with Crippen molar-refractivity contribution in [2.75, 3.05) is 10.8 Å². The Bertz CT molecular complexity index is 933. The highest BCUT2D eigenvalue weighted by Crippen LogP contribution is 2.43. The van der Waals surface area contributed by atoms with Crippen LogP contribution in [0.25, 0.3) is 11.1 Å². The van der Waals surface area contributed by atoms with E-state index >= 15 is 0 Å². The maximum Gasteiger partial charge on any atom is 0.265 e. The van der Waals surface area contributed by atoms with Crippen LogP contribution < -0.4 is 9.62 Å². The molecule has 0 unspecified atom stereocenters. The van der Waals surface area contributed by atoms with E-state index in [2.05, 4.69) is 5.32 Å². The summed E-state index contributed by atoms with van der Waals surface area (Å²) in [5.41, 5.74) is 3.14. The van der Waals surface area contributed by atoms with Crippen LogP contribution in [0.1, 0.15) is 18.4 Å². The average Bonchev–Trinajstić information content (AvgIpc) is 3.36. The molecule has 2 aromatic carbocycles. The smallest absolute Gasteiger partial charge is 0.265 e. The number of amides is 1. The minimum absolute atomic E-state index is 0.191. The molecular weight excluding hydrogens is 324 g/mol. The van der Waals surface area contributed by atoms with E-state index < -0.39 is 10.0 Å². The molecule has 5 nitrogen and oxygen atoms in total. The van der Waals surface area contributed by atoms with Gasteiger partial charge in [0.15, 0.2) is 0 Å². The Morgan fingerprint density at radius 1 is 1.17 bits per heavy atom. The third-order valence-corrected chi connectivity index (χ3v) is 6.21. The van der Waals surface area contributed by atoms with Crippen molar-refractivity contribution in [1.29, 1.82) is 0 Å². The van der Waals surface area contributed by atoms with Crippen LogP contribution in [0.5, 0.6) is 0 Å². The van der Waals surface area contributed by atoms with Gasteiger partial charge in [-0.25, -0.2) is 8.42 Å². The van der Waals surface area contributed by atoms with Gasteiger partial charge in [-0.1, -0.05) is 29.8 Å². The lowest BCUT2D eigenvalue weighted by molar-refractivity contribution is -0.119. The Labute approximate surface area is 141 Å². The standard InChI is InChI=1S/C18H18N2O3S/c1-12-6-9-16-15(10-12)14-4-2-3-5-17(14)24(22,23)20(16)11-18(21)19-13-7-8-13/h2-6,9-10,13H,7-8,11H2,1H3,(H,19,21). The molecule has 1 fully saturated rings. The lowest BCUT2D eigenvalue weighted by Crippen LogP contribution is -2.43. The van der Waals surface area contributed by atoms with E-state index in [0.29, 0.717) is 11.3 Å². The third-order valence-electron chi connectivity index (χ3n) is 4.40. The molecule has 1 N–H and O–H groups in total. The molecule has 6 heteroatoms. The van der Waals surface area contributed by atoms with Gasteiger partial charge in [0.25, 0.3) is 10.0 Å². The molecule has 2 aliphatic rings.